The summed E-state index contributed by atoms with van der Waals surface area (Å²) in [5.74, 6) is 1.87. The van der Waals surface area contributed by atoms with Crippen LogP contribution in [0.4, 0.5) is 5.82 Å². The van der Waals surface area contributed by atoms with Crippen molar-refractivity contribution in [2.45, 2.75) is 31.7 Å². The maximum atomic E-state index is 12.4. The molecule has 1 saturated heterocycles. The zero-order valence-electron chi connectivity index (χ0n) is 17.3. The van der Waals surface area contributed by atoms with Crippen LogP contribution in [-0.2, 0) is 11.2 Å². The van der Waals surface area contributed by atoms with Gasteiger partial charge in [0.2, 0.25) is 5.91 Å². The van der Waals surface area contributed by atoms with Gasteiger partial charge >= 0.3 is 0 Å². The lowest BCUT2D eigenvalue weighted by Crippen LogP contribution is -2.48. The highest BCUT2D eigenvalue weighted by Crippen LogP contribution is 2.25. The van der Waals surface area contributed by atoms with E-state index in [0.717, 1.165) is 55.2 Å². The molecule has 6 nitrogen and oxygen atoms in total. The smallest absolute Gasteiger partial charge is 0.220 e. The van der Waals surface area contributed by atoms with Gasteiger partial charge in [-0.15, -0.1) is 0 Å². The first-order valence-corrected chi connectivity index (χ1v) is 10.5. The molecule has 156 valence electrons. The van der Waals surface area contributed by atoms with Gasteiger partial charge in [-0.25, -0.2) is 0 Å². The fourth-order valence-electron chi connectivity index (χ4n) is 3.90. The topological polar surface area (TPSA) is 70.2 Å². The number of hydrogen-bond acceptors (Lipinski definition) is 4. The summed E-state index contributed by atoms with van der Waals surface area (Å²) in [6.07, 6.45) is 3.33. The Balaban J connectivity index is 1.32. The van der Waals surface area contributed by atoms with Crippen molar-refractivity contribution in [3.63, 3.8) is 0 Å². The molecular weight excluding hydrogens is 376 g/mol. The Morgan fingerprint density at radius 3 is 2.77 bits per heavy atom. The molecule has 2 heterocycles. The van der Waals surface area contributed by atoms with Crippen molar-refractivity contribution >= 4 is 11.7 Å². The van der Waals surface area contributed by atoms with Crippen molar-refractivity contribution in [2.24, 2.45) is 0 Å². The van der Waals surface area contributed by atoms with Crippen molar-refractivity contribution in [3.8, 4) is 17.0 Å². The fourth-order valence-corrected chi connectivity index (χ4v) is 3.90. The van der Waals surface area contributed by atoms with E-state index in [9.17, 15) is 4.79 Å². The van der Waals surface area contributed by atoms with Crippen LogP contribution < -0.4 is 15.0 Å². The number of nitrogens with zero attached hydrogens (tertiary/aromatic N) is 2. The van der Waals surface area contributed by atoms with Gasteiger partial charge in [0, 0.05) is 31.6 Å². The SMILES string of the molecule is COc1ccc(-c2cc(N3CCCC(NC(=O)CCc4ccccc4)C3)n[nH]2)cc1. The van der Waals surface area contributed by atoms with Gasteiger partial charge in [-0.3, -0.25) is 9.89 Å². The lowest BCUT2D eigenvalue weighted by atomic mass is 10.0. The number of aryl methyl sites for hydroxylation is 1. The second-order valence-electron chi connectivity index (χ2n) is 7.71. The third kappa shape index (κ3) is 5.00. The highest BCUT2D eigenvalue weighted by atomic mass is 16.5. The van der Waals surface area contributed by atoms with Gasteiger partial charge < -0.3 is 15.0 Å². The molecule has 0 bridgehead atoms. The highest BCUT2D eigenvalue weighted by molar-refractivity contribution is 5.76. The molecule has 3 aromatic rings. The lowest BCUT2D eigenvalue weighted by Gasteiger charge is -2.33. The number of nitrogens with one attached hydrogen (secondary N) is 2. The molecule has 1 aliphatic heterocycles. The first-order chi connectivity index (χ1) is 14.7. The van der Waals surface area contributed by atoms with Crippen LogP contribution >= 0.6 is 0 Å². The van der Waals surface area contributed by atoms with E-state index in [0.29, 0.717) is 6.42 Å². The molecule has 2 aromatic carbocycles. The molecule has 30 heavy (non-hydrogen) atoms. The van der Waals surface area contributed by atoms with Crippen LogP contribution in [0, 0.1) is 0 Å². The minimum Gasteiger partial charge on any atom is -0.497 e. The van der Waals surface area contributed by atoms with Crippen LogP contribution in [0.3, 0.4) is 0 Å². The van der Waals surface area contributed by atoms with Crippen LogP contribution in [0.25, 0.3) is 11.3 Å². The van der Waals surface area contributed by atoms with Crippen LogP contribution in [0.2, 0.25) is 0 Å². The molecule has 4 rings (SSSR count). The van der Waals surface area contributed by atoms with Gasteiger partial charge in [0.1, 0.15) is 5.75 Å². The van der Waals surface area contributed by atoms with Gasteiger partial charge in [0.25, 0.3) is 0 Å². The number of methoxy groups -OCH3 is 1. The van der Waals surface area contributed by atoms with Gasteiger partial charge in [-0.1, -0.05) is 30.3 Å². The molecule has 0 aliphatic carbocycles. The number of rotatable bonds is 7. The minimum absolute atomic E-state index is 0.117. The number of aromatic nitrogens is 2. The molecule has 1 aromatic heterocycles. The van der Waals surface area contributed by atoms with E-state index in [1.807, 2.05) is 42.5 Å². The molecule has 0 saturated carbocycles. The van der Waals surface area contributed by atoms with Crippen molar-refractivity contribution in [1.82, 2.24) is 15.5 Å². The maximum Gasteiger partial charge on any atom is 0.220 e. The Morgan fingerprint density at radius 1 is 1.20 bits per heavy atom. The van der Waals surface area contributed by atoms with Crippen LogP contribution in [0.5, 0.6) is 5.75 Å². The van der Waals surface area contributed by atoms with E-state index in [1.54, 1.807) is 7.11 Å². The van der Waals surface area contributed by atoms with Gasteiger partial charge in [0.15, 0.2) is 5.82 Å². The number of aromatic amines is 1. The summed E-state index contributed by atoms with van der Waals surface area (Å²) in [6, 6.07) is 20.3. The van der Waals surface area contributed by atoms with E-state index in [-0.39, 0.29) is 11.9 Å². The first kappa shape index (κ1) is 20.0. The number of amides is 1. The van der Waals surface area contributed by atoms with Crippen molar-refractivity contribution in [3.05, 3.63) is 66.2 Å². The Labute approximate surface area is 177 Å². The Bertz CT molecular complexity index is 953. The molecule has 1 atom stereocenters. The van der Waals surface area contributed by atoms with E-state index in [4.69, 9.17) is 4.74 Å². The number of hydrogen-bond donors (Lipinski definition) is 2. The molecule has 0 radical (unpaired) electrons. The van der Waals surface area contributed by atoms with Crippen LogP contribution in [0.1, 0.15) is 24.8 Å². The number of benzene rings is 2. The Kier molecular flexibility index (Phi) is 6.32. The van der Waals surface area contributed by atoms with Crippen LogP contribution in [0.15, 0.2) is 60.7 Å². The molecule has 0 spiro atoms. The summed E-state index contributed by atoms with van der Waals surface area (Å²) in [6.45, 7) is 1.73. The number of ether oxygens (including phenoxy) is 1. The van der Waals surface area contributed by atoms with E-state index in [1.165, 1.54) is 5.56 Å². The fraction of sp³-hybridized carbons (Fsp3) is 0.333. The largest absolute Gasteiger partial charge is 0.497 e. The number of anilines is 1. The van der Waals surface area contributed by atoms with Crippen LogP contribution in [-0.4, -0.2) is 42.3 Å². The molecule has 1 amide bonds. The molecular formula is C24H28N4O2. The zero-order valence-corrected chi connectivity index (χ0v) is 17.3. The Hall–Kier alpha value is -3.28. The van der Waals surface area contributed by atoms with Gasteiger partial charge in [-0.05, 0) is 54.7 Å². The number of piperidine rings is 1. The highest BCUT2D eigenvalue weighted by Gasteiger charge is 2.23. The predicted octanol–water partition coefficient (Wildman–Crippen LogP) is 3.80. The molecule has 2 N–H and O–H groups in total. The Morgan fingerprint density at radius 2 is 2.00 bits per heavy atom. The lowest BCUT2D eigenvalue weighted by molar-refractivity contribution is -0.121. The van der Waals surface area contributed by atoms with E-state index in [2.05, 4.69) is 38.6 Å². The summed E-state index contributed by atoms with van der Waals surface area (Å²) >= 11 is 0. The molecule has 1 fully saturated rings. The second-order valence-corrected chi connectivity index (χ2v) is 7.71. The summed E-state index contributed by atoms with van der Waals surface area (Å²) in [7, 11) is 1.66. The van der Waals surface area contributed by atoms with Crippen molar-refractivity contribution in [2.75, 3.05) is 25.1 Å². The third-order valence-electron chi connectivity index (χ3n) is 5.56. The maximum absolute atomic E-state index is 12.4. The molecule has 6 heteroatoms. The average molecular weight is 405 g/mol. The van der Waals surface area contributed by atoms with Crippen molar-refractivity contribution in [1.29, 1.82) is 0 Å². The summed E-state index contributed by atoms with van der Waals surface area (Å²) in [5.41, 5.74) is 3.24. The van der Waals surface area contributed by atoms with Gasteiger partial charge in [-0.2, -0.15) is 5.10 Å². The number of carbonyl (C=O) groups is 1. The predicted molar refractivity (Wildman–Crippen MR) is 119 cm³/mol. The van der Waals surface area contributed by atoms with Gasteiger partial charge in [0.05, 0.1) is 12.8 Å². The quantitative estimate of drug-likeness (QED) is 0.628. The van der Waals surface area contributed by atoms with E-state index >= 15 is 0 Å². The molecule has 1 aliphatic rings. The van der Waals surface area contributed by atoms with E-state index < -0.39 is 0 Å². The summed E-state index contributed by atoms with van der Waals surface area (Å²) in [4.78, 5) is 14.7. The first-order valence-electron chi connectivity index (χ1n) is 10.5. The minimum atomic E-state index is 0.117. The zero-order chi connectivity index (χ0) is 20.8. The summed E-state index contributed by atoms with van der Waals surface area (Å²) in [5, 5.41) is 10.8. The second kappa shape index (κ2) is 9.48. The molecule has 1 unspecified atom stereocenters. The monoisotopic (exact) mass is 404 g/mol. The van der Waals surface area contributed by atoms with Crippen molar-refractivity contribution < 1.29 is 9.53 Å². The normalized spacial score (nSPS) is 16.3. The third-order valence-corrected chi connectivity index (χ3v) is 5.56. The summed E-state index contributed by atoms with van der Waals surface area (Å²) < 4.78 is 5.22. The standard InChI is InChI=1S/C24H28N4O2/c1-30-21-12-10-19(11-13-21)22-16-23(27-26-22)28-15-5-8-20(17-28)25-24(29)14-9-18-6-3-2-4-7-18/h2-4,6-7,10-13,16,20H,5,8-9,14-15,17H2,1H3,(H,25,29)(H,26,27). The number of H-pyrrole nitrogens is 1. The average Bonchev–Trinajstić information content (AvgIpc) is 3.29. The number of carbonyl (C=O) groups excluding carboxylic acids is 1.